The number of anilines is 1. The Morgan fingerprint density at radius 1 is 1.19 bits per heavy atom. The van der Waals surface area contributed by atoms with E-state index in [1.807, 2.05) is 0 Å². The van der Waals surface area contributed by atoms with Crippen molar-refractivity contribution in [1.82, 2.24) is 15.2 Å². The number of halogens is 3. The fraction of sp³-hybridized carbons (Fsp3) is 0.0952. The van der Waals surface area contributed by atoms with Crippen LogP contribution >= 0.6 is 23.2 Å². The number of benzene rings is 2. The molecule has 4 aromatic rings. The van der Waals surface area contributed by atoms with Gasteiger partial charge < -0.3 is 14.8 Å². The van der Waals surface area contributed by atoms with Gasteiger partial charge in [0.15, 0.2) is 17.2 Å². The van der Waals surface area contributed by atoms with E-state index in [4.69, 9.17) is 32.7 Å². The molecule has 0 saturated carbocycles. The number of ether oxygens (including phenoxy) is 2. The Labute approximate surface area is 186 Å². The van der Waals surface area contributed by atoms with Gasteiger partial charge in [0.2, 0.25) is 5.88 Å². The lowest BCUT2D eigenvalue weighted by Gasteiger charge is -2.12. The van der Waals surface area contributed by atoms with E-state index in [0.717, 1.165) is 5.56 Å². The minimum atomic E-state index is -0.867. The molecule has 0 bridgehead atoms. The van der Waals surface area contributed by atoms with Crippen LogP contribution in [0.4, 0.5) is 10.1 Å². The molecule has 1 amide bonds. The van der Waals surface area contributed by atoms with E-state index < -0.39 is 11.7 Å². The quantitative estimate of drug-likeness (QED) is 0.410. The zero-order valence-corrected chi connectivity index (χ0v) is 17.6. The zero-order chi connectivity index (χ0) is 22.0. The maximum atomic E-state index is 15.0. The highest BCUT2D eigenvalue weighted by atomic mass is 35.5. The Balaban J connectivity index is 1.56. The number of nitrogens with zero attached hydrogens (tertiary/aromatic N) is 2. The molecule has 0 atom stereocenters. The standard InChI is InChI=1S/C21H15Cl2FN4O3/c1-30-21-14-8-13(9-25-19(14)27-28-21)26-20(29)17-15(23)6-7-16(18(17)24)31-10-11-2-4-12(22)5-3-11/h2-9H,10H2,1H3,(H,26,29)(H,25,27,28). The van der Waals surface area contributed by atoms with Gasteiger partial charge in [-0.2, -0.15) is 0 Å². The number of nitrogens with one attached hydrogen (secondary N) is 2. The van der Waals surface area contributed by atoms with Gasteiger partial charge in [0.1, 0.15) is 6.61 Å². The Morgan fingerprint density at radius 2 is 1.97 bits per heavy atom. The number of pyridine rings is 1. The minimum Gasteiger partial charge on any atom is -0.486 e. The number of amides is 1. The summed E-state index contributed by atoms with van der Waals surface area (Å²) in [4.78, 5) is 16.9. The van der Waals surface area contributed by atoms with Gasteiger partial charge in [-0.25, -0.2) is 9.37 Å². The maximum Gasteiger partial charge on any atom is 0.260 e. The van der Waals surface area contributed by atoms with E-state index in [0.29, 0.717) is 27.6 Å². The Kier molecular flexibility index (Phi) is 5.92. The number of methoxy groups -OCH3 is 1. The fourth-order valence-electron chi connectivity index (χ4n) is 2.89. The lowest BCUT2D eigenvalue weighted by atomic mass is 10.1. The van der Waals surface area contributed by atoms with Crippen LogP contribution in [-0.2, 0) is 6.61 Å². The Hall–Kier alpha value is -3.36. The SMILES string of the molecule is COc1n[nH]c2ncc(NC(=O)c3c(Cl)ccc(OCc4ccc(Cl)cc4)c3F)cc12. The molecule has 4 rings (SSSR count). The summed E-state index contributed by atoms with van der Waals surface area (Å²) in [6, 6.07) is 11.3. The monoisotopic (exact) mass is 460 g/mol. The highest BCUT2D eigenvalue weighted by Crippen LogP contribution is 2.30. The minimum absolute atomic E-state index is 0.0521. The van der Waals surface area contributed by atoms with E-state index in [1.54, 1.807) is 30.3 Å². The van der Waals surface area contributed by atoms with Crippen molar-refractivity contribution >= 4 is 45.8 Å². The summed E-state index contributed by atoms with van der Waals surface area (Å²) in [7, 11) is 1.46. The van der Waals surface area contributed by atoms with E-state index in [9.17, 15) is 4.79 Å². The normalized spacial score (nSPS) is 10.8. The van der Waals surface area contributed by atoms with Gasteiger partial charge >= 0.3 is 0 Å². The number of H-pyrrole nitrogens is 1. The number of hydrogen-bond donors (Lipinski definition) is 2. The highest BCUT2D eigenvalue weighted by molar-refractivity contribution is 6.34. The summed E-state index contributed by atoms with van der Waals surface area (Å²) in [5.41, 5.74) is 1.25. The van der Waals surface area contributed by atoms with Gasteiger partial charge in [0, 0.05) is 5.02 Å². The number of rotatable bonds is 6. The molecule has 0 aliphatic rings. The van der Waals surface area contributed by atoms with Crippen molar-refractivity contribution in [1.29, 1.82) is 0 Å². The summed E-state index contributed by atoms with van der Waals surface area (Å²) < 4.78 is 25.7. The number of aromatic nitrogens is 3. The second kappa shape index (κ2) is 8.79. The molecular weight excluding hydrogens is 446 g/mol. The van der Waals surface area contributed by atoms with E-state index in [2.05, 4.69) is 20.5 Å². The van der Waals surface area contributed by atoms with Gasteiger partial charge in [-0.3, -0.25) is 9.89 Å². The van der Waals surface area contributed by atoms with Crippen LogP contribution in [0.5, 0.6) is 11.6 Å². The van der Waals surface area contributed by atoms with Crippen LogP contribution in [-0.4, -0.2) is 28.2 Å². The topological polar surface area (TPSA) is 89.1 Å². The third kappa shape index (κ3) is 4.40. The van der Waals surface area contributed by atoms with Crippen molar-refractivity contribution in [3.8, 4) is 11.6 Å². The third-order valence-corrected chi connectivity index (χ3v) is 4.99. The number of aromatic amines is 1. The van der Waals surface area contributed by atoms with Crippen LogP contribution in [0, 0.1) is 5.82 Å². The smallest absolute Gasteiger partial charge is 0.260 e. The average Bonchev–Trinajstić information content (AvgIpc) is 3.17. The van der Waals surface area contributed by atoms with Crippen LogP contribution in [0.1, 0.15) is 15.9 Å². The van der Waals surface area contributed by atoms with Crippen molar-refractivity contribution in [2.24, 2.45) is 0 Å². The van der Waals surface area contributed by atoms with E-state index >= 15 is 4.39 Å². The number of fused-ring (bicyclic) bond motifs is 1. The summed E-state index contributed by atoms with van der Waals surface area (Å²) in [5.74, 6) is -1.40. The summed E-state index contributed by atoms with van der Waals surface area (Å²) in [6.07, 6.45) is 1.41. The molecule has 7 nitrogen and oxygen atoms in total. The van der Waals surface area contributed by atoms with Crippen LogP contribution in [0.2, 0.25) is 10.0 Å². The Morgan fingerprint density at radius 3 is 2.71 bits per heavy atom. The average molecular weight is 461 g/mol. The molecular formula is C21H15Cl2FN4O3. The lowest BCUT2D eigenvalue weighted by Crippen LogP contribution is -2.15. The third-order valence-electron chi connectivity index (χ3n) is 4.42. The zero-order valence-electron chi connectivity index (χ0n) is 16.1. The first-order chi connectivity index (χ1) is 15.0. The first kappa shape index (κ1) is 20.9. The molecule has 0 fully saturated rings. The first-order valence-corrected chi connectivity index (χ1v) is 9.76. The predicted octanol–water partition coefficient (Wildman–Crippen LogP) is 5.24. The molecule has 2 aromatic carbocycles. The predicted molar refractivity (Wildman–Crippen MR) is 116 cm³/mol. The molecule has 158 valence electrons. The number of carbonyl (C=O) groups is 1. The fourth-order valence-corrected chi connectivity index (χ4v) is 3.25. The van der Waals surface area contributed by atoms with Crippen molar-refractivity contribution in [3.05, 3.63) is 75.7 Å². The molecule has 31 heavy (non-hydrogen) atoms. The number of carbonyl (C=O) groups excluding carboxylic acids is 1. The van der Waals surface area contributed by atoms with Gasteiger partial charge in [-0.05, 0) is 35.9 Å². The molecule has 0 spiro atoms. The van der Waals surface area contributed by atoms with Crippen molar-refractivity contribution < 1.29 is 18.7 Å². The van der Waals surface area contributed by atoms with Crippen molar-refractivity contribution in [2.45, 2.75) is 6.61 Å². The largest absolute Gasteiger partial charge is 0.486 e. The van der Waals surface area contributed by atoms with Crippen molar-refractivity contribution in [3.63, 3.8) is 0 Å². The molecule has 0 unspecified atom stereocenters. The summed E-state index contributed by atoms with van der Waals surface area (Å²) >= 11 is 12.0. The van der Waals surface area contributed by atoms with Gasteiger partial charge in [-0.1, -0.05) is 35.3 Å². The molecule has 2 aromatic heterocycles. The lowest BCUT2D eigenvalue weighted by molar-refractivity contribution is 0.102. The first-order valence-electron chi connectivity index (χ1n) is 9.01. The summed E-state index contributed by atoms with van der Waals surface area (Å²) in [5, 5.41) is 10.3. The van der Waals surface area contributed by atoms with Crippen LogP contribution in [0.15, 0.2) is 48.7 Å². The molecule has 2 heterocycles. The van der Waals surface area contributed by atoms with Crippen molar-refractivity contribution in [2.75, 3.05) is 12.4 Å². The molecule has 2 N–H and O–H groups in total. The summed E-state index contributed by atoms with van der Waals surface area (Å²) in [6.45, 7) is 0.0949. The molecule has 0 aliphatic carbocycles. The molecule has 10 heteroatoms. The van der Waals surface area contributed by atoms with Crippen LogP contribution in [0.25, 0.3) is 11.0 Å². The Bertz CT molecular complexity index is 1260. The molecule has 0 radical (unpaired) electrons. The van der Waals surface area contributed by atoms with Gasteiger partial charge in [-0.15, -0.1) is 5.10 Å². The van der Waals surface area contributed by atoms with E-state index in [1.165, 1.54) is 25.4 Å². The van der Waals surface area contributed by atoms with Gasteiger partial charge in [0.05, 0.1) is 35.0 Å². The molecule has 0 aliphatic heterocycles. The second-order valence-electron chi connectivity index (χ2n) is 6.46. The van der Waals surface area contributed by atoms with E-state index in [-0.39, 0.29) is 22.9 Å². The highest BCUT2D eigenvalue weighted by Gasteiger charge is 2.21. The molecule has 0 saturated heterocycles. The second-order valence-corrected chi connectivity index (χ2v) is 7.30. The van der Waals surface area contributed by atoms with Crippen LogP contribution in [0.3, 0.4) is 0 Å². The maximum absolute atomic E-state index is 15.0. The van der Waals surface area contributed by atoms with Gasteiger partial charge in [0.25, 0.3) is 5.91 Å². The number of hydrogen-bond acceptors (Lipinski definition) is 5. The van der Waals surface area contributed by atoms with Crippen LogP contribution < -0.4 is 14.8 Å².